The Morgan fingerprint density at radius 2 is 2.16 bits per heavy atom. The number of hydrogen-bond donors (Lipinski definition) is 1. The van der Waals surface area contributed by atoms with Gasteiger partial charge in [-0.15, -0.1) is 10.2 Å². The second kappa shape index (κ2) is 10.3. The maximum atomic E-state index is 12.4. The first-order chi connectivity index (χ1) is 15.4. The second-order valence-electron chi connectivity index (χ2n) is 6.45. The molecule has 0 saturated heterocycles. The highest BCUT2D eigenvalue weighted by molar-refractivity contribution is 7.15. The smallest absolute Gasteiger partial charge is 0.284 e. The van der Waals surface area contributed by atoms with Crippen LogP contribution in [0.1, 0.15) is 31.0 Å². The Morgan fingerprint density at radius 1 is 1.34 bits per heavy atom. The molecule has 0 atom stereocenters. The molecule has 1 aromatic carbocycles. The molecular formula is C21H19N5O5S. The van der Waals surface area contributed by atoms with Crippen LogP contribution in [-0.2, 0) is 11.2 Å². The Hall–Kier alpha value is -4.04. The van der Waals surface area contributed by atoms with Crippen LogP contribution in [0.5, 0.6) is 5.75 Å². The molecule has 0 aliphatic carbocycles. The fourth-order valence-electron chi connectivity index (χ4n) is 2.78. The van der Waals surface area contributed by atoms with Gasteiger partial charge in [-0.25, -0.2) is 0 Å². The van der Waals surface area contributed by atoms with Crippen molar-refractivity contribution in [1.29, 1.82) is 5.26 Å². The van der Waals surface area contributed by atoms with Gasteiger partial charge in [-0.3, -0.25) is 20.2 Å². The van der Waals surface area contributed by atoms with Crippen molar-refractivity contribution in [3.8, 4) is 23.1 Å². The lowest BCUT2D eigenvalue weighted by Gasteiger charge is -2.05. The predicted molar refractivity (Wildman–Crippen MR) is 118 cm³/mol. The molecule has 10 nitrogen and oxygen atoms in total. The molecule has 1 amide bonds. The van der Waals surface area contributed by atoms with Crippen molar-refractivity contribution >= 4 is 34.1 Å². The van der Waals surface area contributed by atoms with E-state index in [1.807, 2.05) is 13.0 Å². The largest absolute Gasteiger partial charge is 0.494 e. The highest BCUT2D eigenvalue weighted by atomic mass is 32.1. The first kappa shape index (κ1) is 22.6. The van der Waals surface area contributed by atoms with Crippen molar-refractivity contribution in [2.24, 2.45) is 0 Å². The quantitative estimate of drug-likeness (QED) is 0.214. The highest BCUT2D eigenvalue weighted by Gasteiger charge is 2.20. The lowest BCUT2D eigenvalue weighted by atomic mass is 10.1. The van der Waals surface area contributed by atoms with Gasteiger partial charge in [-0.2, -0.15) is 5.26 Å². The van der Waals surface area contributed by atoms with Gasteiger partial charge < -0.3 is 9.15 Å². The summed E-state index contributed by atoms with van der Waals surface area (Å²) in [5, 5.41) is 32.4. The van der Waals surface area contributed by atoms with Crippen LogP contribution in [0.4, 0.5) is 10.8 Å². The third-order valence-corrected chi connectivity index (χ3v) is 5.07. The van der Waals surface area contributed by atoms with Crippen molar-refractivity contribution in [3.63, 3.8) is 0 Å². The SMILES string of the molecule is CCCc1nnc(NC(=O)/C(C#N)=C\c2ccc(-c3ccc(OCC)cc3[N+](=O)[O-])o2)s1. The van der Waals surface area contributed by atoms with Gasteiger partial charge in [-0.05, 0) is 37.6 Å². The number of furan rings is 1. The average Bonchev–Trinajstić information content (AvgIpc) is 3.42. The van der Waals surface area contributed by atoms with Crippen LogP contribution in [-0.4, -0.2) is 27.6 Å². The number of nitro benzene ring substituents is 1. The van der Waals surface area contributed by atoms with Crippen molar-refractivity contribution in [1.82, 2.24) is 10.2 Å². The summed E-state index contributed by atoms with van der Waals surface area (Å²) in [6, 6.07) is 9.32. The number of anilines is 1. The molecule has 0 aliphatic rings. The van der Waals surface area contributed by atoms with E-state index in [0.717, 1.165) is 17.8 Å². The van der Waals surface area contributed by atoms with Gasteiger partial charge in [0.05, 0.1) is 23.2 Å². The van der Waals surface area contributed by atoms with Gasteiger partial charge in [0.2, 0.25) is 5.13 Å². The van der Waals surface area contributed by atoms with Crippen LogP contribution in [0, 0.1) is 21.4 Å². The molecule has 0 bridgehead atoms. The number of nitriles is 1. The van der Waals surface area contributed by atoms with Crippen LogP contribution >= 0.6 is 11.3 Å². The minimum atomic E-state index is -0.656. The Bertz CT molecular complexity index is 1210. The molecule has 164 valence electrons. The monoisotopic (exact) mass is 453 g/mol. The number of aryl methyl sites for hydroxylation is 1. The van der Waals surface area contributed by atoms with Crippen molar-refractivity contribution in [2.45, 2.75) is 26.7 Å². The summed E-state index contributed by atoms with van der Waals surface area (Å²) in [4.78, 5) is 23.4. The van der Waals surface area contributed by atoms with E-state index in [1.165, 1.54) is 41.7 Å². The number of ether oxygens (including phenoxy) is 1. The molecule has 32 heavy (non-hydrogen) atoms. The number of nitrogens with one attached hydrogen (secondary N) is 1. The summed E-state index contributed by atoms with van der Waals surface area (Å²) in [6.45, 7) is 4.17. The summed E-state index contributed by atoms with van der Waals surface area (Å²) in [5.74, 6) is 0.129. The van der Waals surface area contributed by atoms with E-state index < -0.39 is 10.8 Å². The van der Waals surface area contributed by atoms with E-state index in [4.69, 9.17) is 9.15 Å². The molecule has 0 saturated carbocycles. The minimum Gasteiger partial charge on any atom is -0.494 e. The van der Waals surface area contributed by atoms with Crippen LogP contribution < -0.4 is 10.1 Å². The number of rotatable bonds is 9. The van der Waals surface area contributed by atoms with E-state index in [2.05, 4.69) is 15.5 Å². The summed E-state index contributed by atoms with van der Waals surface area (Å²) in [7, 11) is 0. The van der Waals surface area contributed by atoms with Gasteiger partial charge in [-0.1, -0.05) is 18.3 Å². The predicted octanol–water partition coefficient (Wildman–Crippen LogP) is 4.60. The number of nitrogens with zero attached hydrogens (tertiary/aromatic N) is 4. The lowest BCUT2D eigenvalue weighted by molar-refractivity contribution is -0.384. The number of aromatic nitrogens is 2. The Labute approximate surface area is 187 Å². The third kappa shape index (κ3) is 5.35. The van der Waals surface area contributed by atoms with Crippen molar-refractivity contribution < 1.29 is 18.9 Å². The van der Waals surface area contributed by atoms with Gasteiger partial charge in [0.1, 0.15) is 33.9 Å². The lowest BCUT2D eigenvalue weighted by Crippen LogP contribution is -2.13. The fourth-order valence-corrected chi connectivity index (χ4v) is 3.61. The van der Waals surface area contributed by atoms with E-state index in [1.54, 1.807) is 13.0 Å². The number of carbonyl (C=O) groups is 1. The molecule has 1 N–H and O–H groups in total. The first-order valence-electron chi connectivity index (χ1n) is 9.72. The molecule has 2 aromatic heterocycles. The summed E-state index contributed by atoms with van der Waals surface area (Å²) in [6.07, 6.45) is 2.91. The number of amides is 1. The van der Waals surface area contributed by atoms with Gasteiger partial charge >= 0.3 is 0 Å². The first-order valence-corrected chi connectivity index (χ1v) is 10.5. The normalized spacial score (nSPS) is 11.1. The van der Waals surface area contributed by atoms with Crippen molar-refractivity contribution in [3.05, 3.63) is 56.8 Å². The van der Waals surface area contributed by atoms with Crippen LogP contribution in [0.3, 0.4) is 0 Å². The molecule has 0 fully saturated rings. The van der Waals surface area contributed by atoms with E-state index in [9.17, 15) is 20.2 Å². The molecule has 11 heteroatoms. The zero-order valence-corrected chi connectivity index (χ0v) is 18.1. The third-order valence-electron chi connectivity index (χ3n) is 4.17. The average molecular weight is 453 g/mol. The molecule has 0 spiro atoms. The second-order valence-corrected chi connectivity index (χ2v) is 7.51. The summed E-state index contributed by atoms with van der Waals surface area (Å²) in [5.41, 5.74) is -0.143. The van der Waals surface area contributed by atoms with Crippen LogP contribution in [0.2, 0.25) is 0 Å². The molecule has 3 rings (SSSR count). The standard InChI is InChI=1S/C21H19N5O5S/c1-3-5-19-24-25-21(32-19)23-20(27)13(12-22)10-15-7-9-18(31-15)16-8-6-14(30-4-2)11-17(16)26(28)29/h6-11H,3-5H2,1-2H3,(H,23,25,27)/b13-10-. The zero-order valence-electron chi connectivity index (χ0n) is 17.3. The molecule has 2 heterocycles. The maximum absolute atomic E-state index is 12.4. The Balaban J connectivity index is 1.82. The van der Waals surface area contributed by atoms with Gasteiger partial charge in [0.25, 0.3) is 11.6 Å². The van der Waals surface area contributed by atoms with E-state index in [-0.39, 0.29) is 28.3 Å². The minimum absolute atomic E-state index is 0.182. The van der Waals surface area contributed by atoms with Crippen LogP contribution in [0.25, 0.3) is 17.4 Å². The Morgan fingerprint density at radius 3 is 2.84 bits per heavy atom. The van der Waals surface area contributed by atoms with E-state index >= 15 is 0 Å². The van der Waals surface area contributed by atoms with Crippen molar-refractivity contribution in [2.75, 3.05) is 11.9 Å². The number of nitro groups is 1. The highest BCUT2D eigenvalue weighted by Crippen LogP contribution is 2.34. The van der Waals surface area contributed by atoms with Crippen LogP contribution in [0.15, 0.2) is 40.3 Å². The van der Waals surface area contributed by atoms with E-state index in [0.29, 0.717) is 17.5 Å². The number of hydrogen-bond acceptors (Lipinski definition) is 9. The van der Waals surface area contributed by atoms with Gasteiger partial charge in [0, 0.05) is 12.5 Å². The molecule has 0 unspecified atom stereocenters. The fraction of sp³-hybridized carbons (Fsp3) is 0.238. The number of carbonyl (C=O) groups excluding carboxylic acids is 1. The molecule has 0 radical (unpaired) electrons. The molecule has 3 aromatic rings. The molecule has 0 aliphatic heterocycles. The number of benzene rings is 1. The Kier molecular flexibility index (Phi) is 7.30. The zero-order chi connectivity index (χ0) is 23.1. The maximum Gasteiger partial charge on any atom is 0.284 e. The molecular weight excluding hydrogens is 434 g/mol. The van der Waals surface area contributed by atoms with Gasteiger partial charge in [0.15, 0.2) is 0 Å². The topological polar surface area (TPSA) is 144 Å². The summed E-state index contributed by atoms with van der Waals surface area (Å²) >= 11 is 1.24. The summed E-state index contributed by atoms with van der Waals surface area (Å²) < 4.78 is 11.0.